The van der Waals surface area contributed by atoms with Gasteiger partial charge in [0.1, 0.15) is 5.69 Å². The van der Waals surface area contributed by atoms with Crippen molar-refractivity contribution >= 4 is 28.3 Å². The number of amides is 1. The number of carbonyl (C=O) groups is 1. The van der Waals surface area contributed by atoms with Gasteiger partial charge in [0, 0.05) is 37.8 Å². The molecule has 1 aliphatic rings. The molecule has 98 valence electrons. The molecule has 3 rings (SSSR count). The molecule has 0 radical (unpaired) electrons. The average molecular weight is 276 g/mol. The summed E-state index contributed by atoms with van der Waals surface area (Å²) in [5.41, 5.74) is 0.449. The van der Waals surface area contributed by atoms with E-state index in [9.17, 15) is 4.79 Å². The van der Waals surface area contributed by atoms with Crippen LogP contribution in [0.3, 0.4) is 0 Å². The van der Waals surface area contributed by atoms with E-state index in [1.165, 1.54) is 0 Å². The van der Waals surface area contributed by atoms with Crippen LogP contribution in [0.25, 0.3) is 10.8 Å². The SMILES string of the molecule is O=C(c1nccc2cccc(Cl)c12)N1CCNCC1. The van der Waals surface area contributed by atoms with Crippen molar-refractivity contribution in [3.8, 4) is 0 Å². The maximum absolute atomic E-state index is 12.5. The minimum absolute atomic E-state index is 0.0415. The van der Waals surface area contributed by atoms with Gasteiger partial charge in [-0.3, -0.25) is 9.78 Å². The molecule has 1 aromatic carbocycles. The first-order valence-electron chi connectivity index (χ1n) is 6.30. The number of rotatable bonds is 1. The zero-order valence-corrected chi connectivity index (χ0v) is 11.2. The summed E-state index contributed by atoms with van der Waals surface area (Å²) in [4.78, 5) is 18.6. The van der Waals surface area contributed by atoms with Crippen molar-refractivity contribution in [1.29, 1.82) is 0 Å². The van der Waals surface area contributed by atoms with Crippen LogP contribution in [0.2, 0.25) is 5.02 Å². The lowest BCUT2D eigenvalue weighted by molar-refractivity contribution is 0.0732. The van der Waals surface area contributed by atoms with E-state index in [4.69, 9.17) is 11.6 Å². The zero-order chi connectivity index (χ0) is 13.2. The van der Waals surface area contributed by atoms with Crippen molar-refractivity contribution in [1.82, 2.24) is 15.2 Å². The fraction of sp³-hybridized carbons (Fsp3) is 0.286. The second kappa shape index (κ2) is 5.15. The number of hydrogen-bond acceptors (Lipinski definition) is 3. The zero-order valence-electron chi connectivity index (χ0n) is 10.4. The third-order valence-electron chi connectivity index (χ3n) is 3.35. The third kappa shape index (κ3) is 2.29. The molecule has 4 nitrogen and oxygen atoms in total. The highest BCUT2D eigenvalue weighted by molar-refractivity contribution is 6.36. The van der Waals surface area contributed by atoms with E-state index in [0.29, 0.717) is 23.8 Å². The molecule has 0 bridgehead atoms. The minimum atomic E-state index is -0.0415. The Kier molecular flexibility index (Phi) is 3.36. The molecule has 1 aliphatic heterocycles. The molecule has 0 unspecified atom stereocenters. The van der Waals surface area contributed by atoms with Crippen LogP contribution < -0.4 is 5.32 Å². The lowest BCUT2D eigenvalue weighted by Gasteiger charge is -2.27. The first-order valence-corrected chi connectivity index (χ1v) is 6.68. The predicted octanol–water partition coefficient (Wildman–Crippen LogP) is 1.93. The quantitative estimate of drug-likeness (QED) is 0.865. The molecule has 1 amide bonds. The van der Waals surface area contributed by atoms with Gasteiger partial charge in [-0.1, -0.05) is 23.7 Å². The van der Waals surface area contributed by atoms with Crippen LogP contribution in [-0.2, 0) is 0 Å². The van der Waals surface area contributed by atoms with Crippen LogP contribution in [0.15, 0.2) is 30.5 Å². The summed E-state index contributed by atoms with van der Waals surface area (Å²) in [7, 11) is 0. The fourth-order valence-corrected chi connectivity index (χ4v) is 2.64. The number of carbonyl (C=O) groups excluding carboxylic acids is 1. The molecule has 0 spiro atoms. The molecule has 0 atom stereocenters. The topological polar surface area (TPSA) is 45.2 Å². The number of nitrogens with one attached hydrogen (secondary N) is 1. The Morgan fingerprint density at radius 1 is 1.26 bits per heavy atom. The van der Waals surface area contributed by atoms with Crippen LogP contribution in [0, 0.1) is 0 Å². The summed E-state index contributed by atoms with van der Waals surface area (Å²) < 4.78 is 0. The van der Waals surface area contributed by atoms with E-state index in [1.807, 2.05) is 23.1 Å². The normalized spacial score (nSPS) is 15.7. The van der Waals surface area contributed by atoms with Gasteiger partial charge in [0.15, 0.2) is 0 Å². The number of piperazine rings is 1. The third-order valence-corrected chi connectivity index (χ3v) is 3.66. The van der Waals surface area contributed by atoms with Gasteiger partial charge in [-0.15, -0.1) is 0 Å². The Bertz CT molecular complexity index is 618. The van der Waals surface area contributed by atoms with E-state index >= 15 is 0 Å². The molecule has 1 saturated heterocycles. The number of nitrogens with zero attached hydrogens (tertiary/aromatic N) is 2. The fourth-order valence-electron chi connectivity index (χ4n) is 2.37. The van der Waals surface area contributed by atoms with Crippen LogP contribution in [0.4, 0.5) is 0 Å². The molecule has 2 heterocycles. The van der Waals surface area contributed by atoms with Crippen molar-refractivity contribution in [3.63, 3.8) is 0 Å². The van der Waals surface area contributed by atoms with E-state index in [0.717, 1.165) is 23.9 Å². The molecular weight excluding hydrogens is 262 g/mol. The smallest absolute Gasteiger partial charge is 0.273 e. The summed E-state index contributed by atoms with van der Waals surface area (Å²) in [6, 6.07) is 7.48. The van der Waals surface area contributed by atoms with Crippen LogP contribution >= 0.6 is 11.6 Å². The van der Waals surface area contributed by atoms with E-state index < -0.39 is 0 Å². The Labute approximate surface area is 116 Å². The number of hydrogen-bond donors (Lipinski definition) is 1. The second-order valence-electron chi connectivity index (χ2n) is 4.54. The average Bonchev–Trinajstić information content (AvgIpc) is 2.47. The van der Waals surface area contributed by atoms with Gasteiger partial charge in [0.25, 0.3) is 5.91 Å². The van der Waals surface area contributed by atoms with Crippen molar-refractivity contribution < 1.29 is 4.79 Å². The lowest BCUT2D eigenvalue weighted by atomic mass is 10.1. The van der Waals surface area contributed by atoms with Gasteiger partial charge in [0.05, 0.1) is 5.02 Å². The van der Waals surface area contributed by atoms with Crippen molar-refractivity contribution in [3.05, 3.63) is 41.2 Å². The van der Waals surface area contributed by atoms with Crippen molar-refractivity contribution in [2.24, 2.45) is 0 Å². The summed E-state index contributed by atoms with van der Waals surface area (Å²) in [6.07, 6.45) is 1.66. The summed E-state index contributed by atoms with van der Waals surface area (Å²) in [5, 5.41) is 5.49. The highest BCUT2D eigenvalue weighted by atomic mass is 35.5. The first-order chi connectivity index (χ1) is 9.27. The van der Waals surface area contributed by atoms with Gasteiger partial charge in [-0.2, -0.15) is 0 Å². The van der Waals surface area contributed by atoms with Gasteiger partial charge in [-0.05, 0) is 17.5 Å². The van der Waals surface area contributed by atoms with E-state index in [1.54, 1.807) is 12.3 Å². The Balaban J connectivity index is 2.06. The van der Waals surface area contributed by atoms with E-state index in [2.05, 4.69) is 10.3 Å². The van der Waals surface area contributed by atoms with E-state index in [-0.39, 0.29) is 5.91 Å². The highest BCUT2D eigenvalue weighted by Crippen LogP contribution is 2.26. The van der Waals surface area contributed by atoms with Crippen molar-refractivity contribution in [2.75, 3.05) is 26.2 Å². The highest BCUT2D eigenvalue weighted by Gasteiger charge is 2.21. The lowest BCUT2D eigenvalue weighted by Crippen LogP contribution is -2.46. The van der Waals surface area contributed by atoms with Gasteiger partial charge < -0.3 is 10.2 Å². The number of fused-ring (bicyclic) bond motifs is 1. The predicted molar refractivity (Wildman–Crippen MR) is 75.5 cm³/mol. The molecule has 0 aliphatic carbocycles. The molecule has 1 fully saturated rings. The largest absolute Gasteiger partial charge is 0.335 e. The number of aromatic nitrogens is 1. The number of pyridine rings is 1. The second-order valence-corrected chi connectivity index (χ2v) is 4.95. The number of halogens is 1. The van der Waals surface area contributed by atoms with Crippen LogP contribution in [0.1, 0.15) is 10.5 Å². The van der Waals surface area contributed by atoms with Gasteiger partial charge in [0.2, 0.25) is 0 Å². The first kappa shape index (κ1) is 12.4. The summed E-state index contributed by atoms with van der Waals surface area (Å²) >= 11 is 6.22. The molecule has 19 heavy (non-hydrogen) atoms. The number of benzene rings is 1. The summed E-state index contributed by atoms with van der Waals surface area (Å²) in [6.45, 7) is 3.07. The van der Waals surface area contributed by atoms with Crippen LogP contribution in [0.5, 0.6) is 0 Å². The maximum atomic E-state index is 12.5. The molecule has 5 heteroatoms. The monoisotopic (exact) mass is 275 g/mol. The molecule has 1 N–H and O–H groups in total. The minimum Gasteiger partial charge on any atom is -0.335 e. The van der Waals surface area contributed by atoms with Crippen LogP contribution in [-0.4, -0.2) is 42.0 Å². The Morgan fingerprint density at radius 3 is 2.84 bits per heavy atom. The summed E-state index contributed by atoms with van der Waals surface area (Å²) in [5.74, 6) is -0.0415. The van der Waals surface area contributed by atoms with Crippen molar-refractivity contribution in [2.45, 2.75) is 0 Å². The molecule has 1 aromatic heterocycles. The molecular formula is C14H14ClN3O. The molecule has 0 saturated carbocycles. The maximum Gasteiger partial charge on any atom is 0.273 e. The Morgan fingerprint density at radius 2 is 2.05 bits per heavy atom. The standard InChI is InChI=1S/C14H14ClN3O/c15-11-3-1-2-10-4-5-17-13(12(10)11)14(19)18-8-6-16-7-9-18/h1-5,16H,6-9H2. The Hall–Kier alpha value is -1.65. The van der Waals surface area contributed by atoms with Gasteiger partial charge in [-0.25, -0.2) is 0 Å². The van der Waals surface area contributed by atoms with Gasteiger partial charge >= 0.3 is 0 Å². The molecule has 2 aromatic rings.